The molecule has 2 N–H and O–H groups in total. The van der Waals surface area contributed by atoms with Crippen LogP contribution in [0.5, 0.6) is 0 Å². The van der Waals surface area contributed by atoms with E-state index in [-0.39, 0.29) is 6.04 Å². The van der Waals surface area contributed by atoms with Gasteiger partial charge in [0, 0.05) is 24.0 Å². The van der Waals surface area contributed by atoms with Crippen molar-refractivity contribution in [2.75, 3.05) is 20.6 Å². The molecule has 3 heteroatoms. The summed E-state index contributed by atoms with van der Waals surface area (Å²) in [6.07, 6.45) is 3.46. The highest BCUT2D eigenvalue weighted by Gasteiger charge is 2.33. The maximum atomic E-state index is 6.36. The Balaban J connectivity index is 2.21. The molecule has 0 spiro atoms. The molecular formula is C16H29N3. The summed E-state index contributed by atoms with van der Waals surface area (Å²) in [6, 6.07) is 2.53. The van der Waals surface area contributed by atoms with Crippen LogP contribution in [-0.4, -0.2) is 30.1 Å². The van der Waals surface area contributed by atoms with Crippen LogP contribution in [0.4, 0.5) is 0 Å². The zero-order valence-corrected chi connectivity index (χ0v) is 13.2. The van der Waals surface area contributed by atoms with Crippen LogP contribution in [0.1, 0.15) is 49.7 Å². The predicted molar refractivity (Wildman–Crippen MR) is 81.4 cm³/mol. The highest BCUT2D eigenvalue weighted by atomic mass is 15.1. The maximum absolute atomic E-state index is 6.36. The number of aromatic nitrogens is 1. The van der Waals surface area contributed by atoms with Gasteiger partial charge in [0.2, 0.25) is 0 Å². The van der Waals surface area contributed by atoms with Crippen molar-refractivity contribution in [3.05, 3.63) is 23.0 Å². The standard InChI is InChI=1S/C16H29N3/c1-12-9-13-14(17)10-16(2,3)11-15(13)19(12)8-6-7-18(4)5/h9,14H,6-8,10-11,17H2,1-5H3. The average molecular weight is 263 g/mol. The smallest absolute Gasteiger partial charge is 0.0318 e. The van der Waals surface area contributed by atoms with Gasteiger partial charge in [0.25, 0.3) is 0 Å². The summed E-state index contributed by atoms with van der Waals surface area (Å²) in [7, 11) is 4.27. The van der Waals surface area contributed by atoms with Gasteiger partial charge in [0.05, 0.1) is 0 Å². The first-order valence-electron chi connectivity index (χ1n) is 7.39. The molecular weight excluding hydrogens is 234 g/mol. The van der Waals surface area contributed by atoms with Crippen LogP contribution < -0.4 is 5.73 Å². The summed E-state index contributed by atoms with van der Waals surface area (Å²) in [5.41, 5.74) is 10.9. The highest BCUT2D eigenvalue weighted by Crippen LogP contribution is 2.40. The third kappa shape index (κ3) is 3.21. The van der Waals surface area contributed by atoms with Crippen LogP contribution in [0.15, 0.2) is 6.07 Å². The van der Waals surface area contributed by atoms with Gasteiger partial charge in [-0.25, -0.2) is 0 Å². The van der Waals surface area contributed by atoms with Gasteiger partial charge in [0.1, 0.15) is 0 Å². The molecule has 1 aliphatic carbocycles. The van der Waals surface area contributed by atoms with Crippen molar-refractivity contribution in [2.24, 2.45) is 11.1 Å². The normalized spacial score (nSPS) is 21.7. The van der Waals surface area contributed by atoms with Crippen LogP contribution in [-0.2, 0) is 13.0 Å². The lowest BCUT2D eigenvalue weighted by Gasteiger charge is -2.34. The SMILES string of the molecule is Cc1cc2c(n1CCCN(C)C)CC(C)(C)CC2N. The minimum Gasteiger partial charge on any atom is -0.348 e. The Labute approximate surface area is 117 Å². The molecule has 1 heterocycles. The molecule has 0 bridgehead atoms. The summed E-state index contributed by atoms with van der Waals surface area (Å²) in [6.45, 7) is 9.14. The molecule has 0 aromatic carbocycles. The second kappa shape index (κ2) is 5.29. The molecule has 0 saturated carbocycles. The molecule has 3 nitrogen and oxygen atoms in total. The molecule has 1 aromatic heterocycles. The van der Waals surface area contributed by atoms with Gasteiger partial charge in [-0.1, -0.05) is 13.8 Å². The van der Waals surface area contributed by atoms with Crippen LogP contribution in [0.25, 0.3) is 0 Å². The molecule has 2 rings (SSSR count). The summed E-state index contributed by atoms with van der Waals surface area (Å²) >= 11 is 0. The van der Waals surface area contributed by atoms with Crippen molar-refractivity contribution >= 4 is 0 Å². The Morgan fingerprint density at radius 3 is 2.74 bits per heavy atom. The van der Waals surface area contributed by atoms with E-state index in [0.717, 1.165) is 25.9 Å². The Morgan fingerprint density at radius 2 is 2.11 bits per heavy atom. The first-order chi connectivity index (χ1) is 8.80. The number of nitrogens with two attached hydrogens (primary N) is 1. The molecule has 108 valence electrons. The van der Waals surface area contributed by atoms with Crippen molar-refractivity contribution in [1.29, 1.82) is 0 Å². The fourth-order valence-electron chi connectivity index (χ4n) is 3.36. The van der Waals surface area contributed by atoms with E-state index < -0.39 is 0 Å². The van der Waals surface area contributed by atoms with Crippen LogP contribution >= 0.6 is 0 Å². The third-order valence-corrected chi connectivity index (χ3v) is 4.25. The zero-order valence-electron chi connectivity index (χ0n) is 13.2. The van der Waals surface area contributed by atoms with Gasteiger partial charge in [-0.15, -0.1) is 0 Å². The van der Waals surface area contributed by atoms with E-state index in [2.05, 4.69) is 50.4 Å². The van der Waals surface area contributed by atoms with E-state index in [9.17, 15) is 0 Å². The largest absolute Gasteiger partial charge is 0.348 e. The summed E-state index contributed by atoms with van der Waals surface area (Å²) < 4.78 is 2.50. The summed E-state index contributed by atoms with van der Waals surface area (Å²) in [4.78, 5) is 2.25. The van der Waals surface area contributed by atoms with Crippen molar-refractivity contribution in [1.82, 2.24) is 9.47 Å². The fraction of sp³-hybridized carbons (Fsp3) is 0.750. The molecule has 1 atom stereocenters. The number of nitrogens with zero attached hydrogens (tertiary/aromatic N) is 2. The minimum absolute atomic E-state index is 0.215. The maximum Gasteiger partial charge on any atom is 0.0318 e. The van der Waals surface area contributed by atoms with Crippen molar-refractivity contribution in [3.63, 3.8) is 0 Å². The highest BCUT2D eigenvalue weighted by molar-refractivity contribution is 5.34. The number of fused-ring (bicyclic) bond motifs is 1. The first kappa shape index (κ1) is 14.6. The van der Waals surface area contributed by atoms with E-state index in [1.165, 1.54) is 23.4 Å². The molecule has 1 aromatic rings. The fourth-order valence-corrected chi connectivity index (χ4v) is 3.36. The Bertz CT molecular complexity index is 443. The number of hydrogen-bond acceptors (Lipinski definition) is 2. The molecule has 0 aliphatic heterocycles. The van der Waals surface area contributed by atoms with E-state index in [4.69, 9.17) is 5.73 Å². The van der Waals surface area contributed by atoms with E-state index in [0.29, 0.717) is 5.41 Å². The van der Waals surface area contributed by atoms with E-state index in [1.54, 1.807) is 0 Å². The van der Waals surface area contributed by atoms with Crippen LogP contribution in [0.3, 0.4) is 0 Å². The molecule has 0 radical (unpaired) electrons. The lowest BCUT2D eigenvalue weighted by molar-refractivity contribution is 0.273. The Hall–Kier alpha value is -0.800. The number of rotatable bonds is 4. The average Bonchev–Trinajstić information content (AvgIpc) is 2.55. The predicted octanol–water partition coefficient (Wildman–Crippen LogP) is 2.72. The van der Waals surface area contributed by atoms with Crippen molar-refractivity contribution in [3.8, 4) is 0 Å². The van der Waals surface area contributed by atoms with Crippen molar-refractivity contribution < 1.29 is 0 Å². The van der Waals surface area contributed by atoms with Crippen LogP contribution in [0.2, 0.25) is 0 Å². The number of aryl methyl sites for hydroxylation is 1. The van der Waals surface area contributed by atoms with Gasteiger partial charge in [-0.2, -0.15) is 0 Å². The Morgan fingerprint density at radius 1 is 1.42 bits per heavy atom. The molecule has 0 amide bonds. The molecule has 0 saturated heterocycles. The summed E-state index contributed by atoms with van der Waals surface area (Å²) in [5.74, 6) is 0. The van der Waals surface area contributed by atoms with Gasteiger partial charge < -0.3 is 15.2 Å². The molecule has 1 aliphatic rings. The lowest BCUT2D eigenvalue weighted by atomic mass is 9.74. The third-order valence-electron chi connectivity index (χ3n) is 4.25. The van der Waals surface area contributed by atoms with E-state index >= 15 is 0 Å². The first-order valence-corrected chi connectivity index (χ1v) is 7.39. The minimum atomic E-state index is 0.215. The van der Waals surface area contributed by atoms with Gasteiger partial charge in [-0.05, 0) is 63.9 Å². The zero-order chi connectivity index (χ0) is 14.2. The Kier molecular flexibility index (Phi) is 4.07. The monoisotopic (exact) mass is 263 g/mol. The van der Waals surface area contributed by atoms with Gasteiger partial charge in [-0.3, -0.25) is 0 Å². The number of hydrogen-bond donors (Lipinski definition) is 1. The van der Waals surface area contributed by atoms with Gasteiger partial charge in [0.15, 0.2) is 0 Å². The second-order valence-corrected chi connectivity index (χ2v) is 7.15. The van der Waals surface area contributed by atoms with E-state index in [1.807, 2.05) is 0 Å². The molecule has 19 heavy (non-hydrogen) atoms. The van der Waals surface area contributed by atoms with Crippen molar-refractivity contribution in [2.45, 2.75) is 52.6 Å². The summed E-state index contributed by atoms with van der Waals surface area (Å²) in [5, 5.41) is 0. The molecule has 0 fully saturated rings. The van der Waals surface area contributed by atoms with Crippen LogP contribution in [0, 0.1) is 12.3 Å². The molecule has 1 unspecified atom stereocenters. The van der Waals surface area contributed by atoms with Gasteiger partial charge >= 0.3 is 0 Å². The quantitative estimate of drug-likeness (QED) is 0.906. The lowest BCUT2D eigenvalue weighted by Crippen LogP contribution is -2.30. The second-order valence-electron chi connectivity index (χ2n) is 7.15. The topological polar surface area (TPSA) is 34.2 Å².